The Morgan fingerprint density at radius 2 is 1.64 bits per heavy atom. The van der Waals surface area contributed by atoms with Gasteiger partial charge in [-0.25, -0.2) is 17.9 Å². The molecule has 0 bridgehead atoms. The maximum Gasteiger partial charge on any atom is 0.247 e. The number of benzene rings is 1. The van der Waals surface area contributed by atoms with Gasteiger partial charge in [0, 0.05) is 35.6 Å². The summed E-state index contributed by atoms with van der Waals surface area (Å²) < 4.78 is 41.6. The van der Waals surface area contributed by atoms with Gasteiger partial charge in [0.1, 0.15) is 5.82 Å². The number of rotatable bonds is 6. The van der Waals surface area contributed by atoms with E-state index in [1.807, 2.05) is 32.9 Å². The van der Waals surface area contributed by atoms with Gasteiger partial charge >= 0.3 is 0 Å². The summed E-state index contributed by atoms with van der Waals surface area (Å²) in [6.45, 7) is 5.53. The van der Waals surface area contributed by atoms with Crippen LogP contribution in [0.2, 0.25) is 0 Å². The first-order valence-electron chi connectivity index (χ1n) is 8.78. The Bertz CT molecular complexity index is 962. The number of nitrogens with zero attached hydrogens (tertiary/aromatic N) is 4. The van der Waals surface area contributed by atoms with E-state index in [4.69, 9.17) is 0 Å². The highest BCUT2D eigenvalue weighted by Gasteiger charge is 2.17. The number of pyridine rings is 1. The van der Waals surface area contributed by atoms with E-state index in [1.165, 1.54) is 0 Å². The molecular weight excluding hydrogens is 371 g/mol. The quantitative estimate of drug-likeness (QED) is 0.626. The number of hydrogen-bond donors (Lipinski definition) is 2. The Kier molecular flexibility index (Phi) is 5.64. The van der Waals surface area contributed by atoms with Crippen LogP contribution >= 0.6 is 0 Å². The predicted molar refractivity (Wildman–Crippen MR) is 98.2 cm³/mol. The highest BCUT2D eigenvalue weighted by atomic mass is 19.2. The lowest BCUT2D eigenvalue weighted by molar-refractivity contribution is 0.167. The lowest BCUT2D eigenvalue weighted by atomic mass is 10.2. The summed E-state index contributed by atoms with van der Waals surface area (Å²) in [5.41, 5.74) is 2.23. The molecule has 0 aliphatic rings. The maximum atomic E-state index is 13.5. The normalized spacial score (nSPS) is 12.2. The van der Waals surface area contributed by atoms with Crippen molar-refractivity contribution in [3.8, 4) is 5.69 Å². The minimum Gasteiger partial charge on any atom is -0.393 e. The van der Waals surface area contributed by atoms with Gasteiger partial charge in [0.25, 0.3) is 0 Å². The fourth-order valence-electron chi connectivity index (χ4n) is 2.78. The van der Waals surface area contributed by atoms with Crippen LogP contribution in [0.5, 0.6) is 0 Å². The van der Waals surface area contributed by atoms with E-state index < -0.39 is 23.6 Å². The number of nitrogens with one attached hydrogen (secondary N) is 1. The van der Waals surface area contributed by atoms with Crippen molar-refractivity contribution < 1.29 is 18.3 Å². The van der Waals surface area contributed by atoms with Crippen LogP contribution in [0, 0.1) is 31.3 Å². The molecule has 0 saturated carbocycles. The van der Waals surface area contributed by atoms with E-state index in [0.717, 1.165) is 23.5 Å². The monoisotopic (exact) mass is 391 g/mol. The number of anilines is 2. The average molecular weight is 391 g/mol. The Labute approximate surface area is 160 Å². The van der Waals surface area contributed by atoms with Gasteiger partial charge in [-0.1, -0.05) is 6.92 Å². The summed E-state index contributed by atoms with van der Waals surface area (Å²) in [5, 5.41) is 17.1. The Hall–Kier alpha value is -2.94. The molecule has 28 heavy (non-hydrogen) atoms. The molecule has 0 aliphatic carbocycles. The molecule has 0 amide bonds. The summed E-state index contributed by atoms with van der Waals surface area (Å²) in [4.78, 5) is 8.66. The highest BCUT2D eigenvalue weighted by Crippen LogP contribution is 2.22. The fraction of sp³-hybridized carbons (Fsp3) is 0.316. The van der Waals surface area contributed by atoms with Gasteiger partial charge in [-0.3, -0.25) is 4.98 Å². The zero-order chi connectivity index (χ0) is 20.4. The average Bonchev–Trinajstić information content (AvgIpc) is 3.00. The van der Waals surface area contributed by atoms with Crippen LogP contribution in [0.3, 0.4) is 0 Å². The second-order valence-electron chi connectivity index (χ2n) is 6.52. The van der Waals surface area contributed by atoms with E-state index in [-0.39, 0.29) is 18.1 Å². The van der Waals surface area contributed by atoms with Crippen LogP contribution in [-0.2, 0) is 6.42 Å². The van der Waals surface area contributed by atoms with Gasteiger partial charge in [-0.05, 0) is 32.4 Å². The predicted octanol–water partition coefficient (Wildman–Crippen LogP) is 3.75. The molecule has 1 unspecified atom stereocenters. The smallest absolute Gasteiger partial charge is 0.247 e. The molecule has 3 aromatic rings. The number of aromatic nitrogens is 4. The van der Waals surface area contributed by atoms with Gasteiger partial charge in [0.05, 0.1) is 11.8 Å². The van der Waals surface area contributed by atoms with E-state index in [2.05, 4.69) is 20.4 Å². The Morgan fingerprint density at radius 3 is 2.21 bits per heavy atom. The van der Waals surface area contributed by atoms with Crippen molar-refractivity contribution in [3.63, 3.8) is 0 Å². The SMILES string of the molecule is CCC(O)Cc1nc(Nc2cc(F)c(F)c(F)c2)nn1-c1cc(C)nc(C)c1. The minimum atomic E-state index is -1.54. The van der Waals surface area contributed by atoms with Crippen LogP contribution in [0.4, 0.5) is 24.8 Å². The summed E-state index contributed by atoms with van der Waals surface area (Å²) in [5.74, 6) is -3.65. The number of hydrogen-bond acceptors (Lipinski definition) is 5. The zero-order valence-electron chi connectivity index (χ0n) is 15.7. The summed E-state index contributed by atoms with van der Waals surface area (Å²) in [6.07, 6.45) is 0.136. The molecule has 0 fully saturated rings. The van der Waals surface area contributed by atoms with E-state index >= 15 is 0 Å². The summed E-state index contributed by atoms with van der Waals surface area (Å²) >= 11 is 0. The van der Waals surface area contributed by atoms with Crippen LogP contribution in [0.1, 0.15) is 30.6 Å². The van der Waals surface area contributed by atoms with Gasteiger partial charge in [-0.15, -0.1) is 5.10 Å². The Morgan fingerprint density at radius 1 is 1.04 bits per heavy atom. The Balaban J connectivity index is 2.01. The first kappa shape index (κ1) is 19.8. The third kappa shape index (κ3) is 4.30. The molecule has 0 aliphatic heterocycles. The van der Waals surface area contributed by atoms with Crippen molar-refractivity contribution in [1.82, 2.24) is 19.7 Å². The molecule has 2 heterocycles. The van der Waals surface area contributed by atoms with Gasteiger partial charge in [0.2, 0.25) is 5.95 Å². The maximum absolute atomic E-state index is 13.5. The zero-order valence-corrected chi connectivity index (χ0v) is 15.7. The van der Waals surface area contributed by atoms with Crippen LogP contribution in [0.25, 0.3) is 5.69 Å². The molecule has 3 rings (SSSR count). The lowest BCUT2D eigenvalue weighted by Gasteiger charge is -2.10. The number of aliphatic hydroxyl groups excluding tert-OH is 1. The topological polar surface area (TPSA) is 75.9 Å². The molecule has 6 nitrogen and oxygen atoms in total. The van der Waals surface area contributed by atoms with Crippen LogP contribution in [0.15, 0.2) is 24.3 Å². The van der Waals surface area contributed by atoms with Gasteiger partial charge < -0.3 is 10.4 Å². The summed E-state index contributed by atoms with van der Waals surface area (Å²) in [7, 11) is 0. The largest absolute Gasteiger partial charge is 0.393 e. The van der Waals surface area contributed by atoms with E-state index in [0.29, 0.717) is 17.9 Å². The molecule has 1 aromatic carbocycles. The third-order valence-electron chi connectivity index (χ3n) is 4.11. The molecule has 1 atom stereocenters. The fourth-order valence-corrected chi connectivity index (χ4v) is 2.78. The first-order chi connectivity index (χ1) is 13.3. The lowest BCUT2D eigenvalue weighted by Crippen LogP contribution is -2.14. The van der Waals surface area contributed by atoms with Crippen LogP contribution < -0.4 is 5.32 Å². The van der Waals surface area contributed by atoms with Crippen LogP contribution in [-0.4, -0.2) is 31.0 Å². The van der Waals surface area contributed by atoms with Crippen molar-refractivity contribution in [2.75, 3.05) is 5.32 Å². The first-order valence-corrected chi connectivity index (χ1v) is 8.78. The van der Waals surface area contributed by atoms with Crippen molar-refractivity contribution in [2.45, 2.75) is 39.7 Å². The summed E-state index contributed by atoms with van der Waals surface area (Å²) in [6, 6.07) is 5.26. The van der Waals surface area contributed by atoms with Gasteiger partial charge in [0.15, 0.2) is 17.5 Å². The molecule has 148 valence electrons. The van der Waals surface area contributed by atoms with Gasteiger partial charge in [-0.2, -0.15) is 4.98 Å². The highest BCUT2D eigenvalue weighted by molar-refractivity contribution is 5.54. The number of halogens is 3. The minimum absolute atomic E-state index is 0.0294. The number of aryl methyl sites for hydroxylation is 2. The molecule has 2 N–H and O–H groups in total. The van der Waals surface area contributed by atoms with Crippen molar-refractivity contribution in [1.29, 1.82) is 0 Å². The molecular formula is C19H20F3N5O. The second kappa shape index (κ2) is 7.97. The van der Waals surface area contributed by atoms with E-state index in [1.54, 1.807) is 4.68 Å². The molecule has 2 aromatic heterocycles. The van der Waals surface area contributed by atoms with E-state index in [9.17, 15) is 18.3 Å². The van der Waals surface area contributed by atoms with Crippen molar-refractivity contribution in [2.24, 2.45) is 0 Å². The van der Waals surface area contributed by atoms with Crippen molar-refractivity contribution in [3.05, 3.63) is 58.9 Å². The molecule has 0 radical (unpaired) electrons. The molecule has 9 heteroatoms. The standard InChI is InChI=1S/C19H20F3N5O/c1-4-14(28)9-17-25-19(24-12-7-15(20)18(22)16(21)8-12)26-27(17)13-5-10(2)23-11(3)6-13/h5-8,14,28H,4,9H2,1-3H3,(H,24,26). The third-order valence-corrected chi connectivity index (χ3v) is 4.11. The number of aliphatic hydroxyl groups is 1. The second-order valence-corrected chi connectivity index (χ2v) is 6.52. The molecule has 0 spiro atoms. The van der Waals surface area contributed by atoms with Crippen molar-refractivity contribution >= 4 is 11.6 Å². The molecule has 0 saturated heterocycles.